The van der Waals surface area contributed by atoms with Gasteiger partial charge in [0.05, 0.1) is 6.04 Å². The van der Waals surface area contributed by atoms with Crippen molar-refractivity contribution in [2.45, 2.75) is 71.3 Å². The Morgan fingerprint density at radius 1 is 1.08 bits per heavy atom. The van der Waals surface area contributed by atoms with E-state index in [-0.39, 0.29) is 5.41 Å². The maximum Gasteiger partial charge on any atom is 0.155 e. The third-order valence-electron chi connectivity index (χ3n) is 8.67. The number of carbonyl (C=O) groups excluding carboxylic acids is 1. The zero-order chi connectivity index (χ0) is 17.2. The molecule has 1 aromatic heterocycles. The summed E-state index contributed by atoms with van der Waals surface area (Å²) in [7, 11) is 0. The third kappa shape index (κ3) is 2.09. The third-order valence-corrected chi connectivity index (χ3v) is 8.67. The molecule has 0 aliphatic heterocycles. The molecular weight excluding hydrogens is 310 g/mol. The van der Waals surface area contributed by atoms with Crippen molar-refractivity contribution in [3.8, 4) is 0 Å². The molecule has 0 bridgehead atoms. The van der Waals surface area contributed by atoms with Gasteiger partial charge in [0.2, 0.25) is 0 Å². The number of rotatable bonds is 1. The summed E-state index contributed by atoms with van der Waals surface area (Å²) in [5.74, 6) is 2.76. The fourth-order valence-electron chi connectivity index (χ4n) is 7.34. The van der Waals surface area contributed by atoms with Crippen LogP contribution in [0.25, 0.3) is 0 Å². The topological polar surface area (TPSA) is 47.8 Å². The largest absolute Gasteiger partial charge is 0.295 e. The van der Waals surface area contributed by atoms with Gasteiger partial charge in [-0.2, -0.15) is 5.10 Å². The Bertz CT molecular complexity index is 724. The van der Waals surface area contributed by atoms with Crippen LogP contribution in [0.15, 0.2) is 24.3 Å². The summed E-state index contributed by atoms with van der Waals surface area (Å²) < 4.78 is 2.13. The molecule has 4 heteroatoms. The quantitative estimate of drug-likeness (QED) is 0.764. The van der Waals surface area contributed by atoms with Gasteiger partial charge < -0.3 is 0 Å². The zero-order valence-corrected chi connectivity index (χ0v) is 15.4. The number of carbonyl (C=O) groups is 1. The lowest BCUT2D eigenvalue weighted by molar-refractivity contribution is -0.117. The minimum atomic E-state index is 0.281. The van der Waals surface area contributed by atoms with Crippen molar-refractivity contribution in [1.29, 1.82) is 0 Å². The monoisotopic (exact) mass is 339 g/mol. The van der Waals surface area contributed by atoms with Crippen molar-refractivity contribution in [3.63, 3.8) is 0 Å². The fraction of sp³-hybridized carbons (Fsp3) is 0.762. The fourth-order valence-corrected chi connectivity index (χ4v) is 7.34. The maximum absolute atomic E-state index is 11.9. The Kier molecular flexibility index (Phi) is 3.33. The van der Waals surface area contributed by atoms with Gasteiger partial charge in [0.1, 0.15) is 12.7 Å². The van der Waals surface area contributed by atoms with Gasteiger partial charge in [0, 0.05) is 6.42 Å². The van der Waals surface area contributed by atoms with Crippen LogP contribution in [0.3, 0.4) is 0 Å². The summed E-state index contributed by atoms with van der Waals surface area (Å²) in [5, 5.41) is 4.49. The van der Waals surface area contributed by atoms with Crippen LogP contribution >= 0.6 is 0 Å². The van der Waals surface area contributed by atoms with Gasteiger partial charge in [-0.05, 0) is 79.6 Å². The summed E-state index contributed by atoms with van der Waals surface area (Å²) in [6.45, 7) is 4.99. The second kappa shape index (κ2) is 5.28. The van der Waals surface area contributed by atoms with E-state index in [0.29, 0.717) is 17.2 Å². The van der Waals surface area contributed by atoms with Crippen molar-refractivity contribution in [2.24, 2.45) is 28.6 Å². The highest BCUT2D eigenvalue weighted by molar-refractivity contribution is 5.91. The van der Waals surface area contributed by atoms with E-state index in [2.05, 4.69) is 28.6 Å². The molecular formula is C21H29N3O. The lowest BCUT2D eigenvalue weighted by atomic mass is 9.47. The Balaban J connectivity index is 1.48. The summed E-state index contributed by atoms with van der Waals surface area (Å²) in [6.07, 6.45) is 15.0. The highest BCUT2D eigenvalue weighted by Crippen LogP contribution is 2.67. The van der Waals surface area contributed by atoms with Crippen LogP contribution in [0.1, 0.15) is 71.3 Å². The first-order valence-corrected chi connectivity index (χ1v) is 10.1. The van der Waals surface area contributed by atoms with Gasteiger partial charge in [0.15, 0.2) is 5.78 Å². The van der Waals surface area contributed by atoms with Gasteiger partial charge in [-0.3, -0.25) is 4.79 Å². The molecule has 134 valence electrons. The number of aromatic nitrogens is 3. The molecule has 4 aliphatic rings. The predicted octanol–water partition coefficient (Wildman–Crippen LogP) is 4.35. The summed E-state index contributed by atoms with van der Waals surface area (Å²) in [6, 6.07) is 0.513. The molecule has 1 aromatic rings. The van der Waals surface area contributed by atoms with E-state index >= 15 is 0 Å². The lowest BCUT2D eigenvalue weighted by Crippen LogP contribution is -2.50. The van der Waals surface area contributed by atoms with E-state index < -0.39 is 0 Å². The second-order valence-corrected chi connectivity index (χ2v) is 9.48. The number of fused-ring (bicyclic) bond motifs is 5. The molecule has 3 fully saturated rings. The SMILES string of the molecule is C[C@]12CCC(=O)C=C1CCC1C2CC[C@@]2(C)C1CC[C@@H]2n1cncn1. The number of hydrogen-bond donors (Lipinski definition) is 0. The number of ketones is 1. The molecule has 1 heterocycles. The Morgan fingerprint density at radius 2 is 1.96 bits per heavy atom. The van der Waals surface area contributed by atoms with Gasteiger partial charge >= 0.3 is 0 Å². The molecule has 0 radical (unpaired) electrons. The first-order valence-electron chi connectivity index (χ1n) is 10.1. The van der Waals surface area contributed by atoms with Crippen LogP contribution in [0.2, 0.25) is 0 Å². The minimum absolute atomic E-state index is 0.281. The van der Waals surface area contributed by atoms with Crippen LogP contribution in [-0.4, -0.2) is 20.5 Å². The number of nitrogens with zero attached hydrogens (tertiary/aromatic N) is 3. The molecule has 3 saturated carbocycles. The summed E-state index contributed by atoms with van der Waals surface area (Å²) >= 11 is 0. The van der Waals surface area contributed by atoms with Crippen LogP contribution in [0.5, 0.6) is 0 Å². The number of hydrogen-bond acceptors (Lipinski definition) is 3. The number of allylic oxidation sites excluding steroid dienone is 1. The molecule has 0 aromatic carbocycles. The highest BCUT2D eigenvalue weighted by atomic mass is 16.1. The molecule has 0 amide bonds. The van der Waals surface area contributed by atoms with Crippen LogP contribution in [0, 0.1) is 28.6 Å². The van der Waals surface area contributed by atoms with Crippen LogP contribution < -0.4 is 0 Å². The van der Waals surface area contributed by atoms with Crippen molar-refractivity contribution in [1.82, 2.24) is 14.8 Å². The van der Waals surface area contributed by atoms with Crippen molar-refractivity contribution in [3.05, 3.63) is 24.3 Å². The molecule has 25 heavy (non-hydrogen) atoms. The average molecular weight is 339 g/mol. The first-order chi connectivity index (χ1) is 12.0. The summed E-state index contributed by atoms with van der Waals surface area (Å²) in [5.41, 5.74) is 2.11. The van der Waals surface area contributed by atoms with Crippen molar-refractivity contribution < 1.29 is 4.79 Å². The van der Waals surface area contributed by atoms with Crippen LogP contribution in [-0.2, 0) is 4.79 Å². The molecule has 0 spiro atoms. The molecule has 0 N–H and O–H groups in total. The van der Waals surface area contributed by atoms with Gasteiger partial charge in [-0.1, -0.05) is 19.4 Å². The molecule has 4 nitrogen and oxygen atoms in total. The summed E-state index contributed by atoms with van der Waals surface area (Å²) in [4.78, 5) is 16.1. The second-order valence-electron chi connectivity index (χ2n) is 9.48. The molecule has 3 unspecified atom stereocenters. The van der Waals surface area contributed by atoms with E-state index in [1.807, 2.05) is 12.4 Å². The van der Waals surface area contributed by atoms with Crippen LogP contribution in [0.4, 0.5) is 0 Å². The van der Waals surface area contributed by atoms with Gasteiger partial charge in [-0.15, -0.1) is 0 Å². The Hall–Kier alpha value is -1.45. The molecule has 5 rings (SSSR count). The predicted molar refractivity (Wildman–Crippen MR) is 95.8 cm³/mol. The van der Waals surface area contributed by atoms with Gasteiger partial charge in [-0.25, -0.2) is 9.67 Å². The molecule has 0 saturated heterocycles. The van der Waals surface area contributed by atoms with E-state index in [1.165, 1.54) is 37.7 Å². The minimum Gasteiger partial charge on any atom is -0.295 e. The first kappa shape index (κ1) is 15.8. The normalized spacial score (nSPS) is 46.2. The maximum atomic E-state index is 11.9. The average Bonchev–Trinajstić information content (AvgIpc) is 3.22. The van der Waals surface area contributed by atoms with Crippen molar-refractivity contribution in [2.75, 3.05) is 0 Å². The van der Waals surface area contributed by atoms with E-state index in [9.17, 15) is 4.79 Å². The lowest BCUT2D eigenvalue weighted by Gasteiger charge is -2.58. The standard InChI is InChI=1S/C21H29N3O/c1-20-9-7-15(25)11-14(20)3-4-16-17-5-6-19(24-13-22-12-23-24)21(17,2)10-8-18(16)20/h11-13,16-19H,3-10H2,1-2H3/t16?,17?,18?,19-,20-,21-/m0/s1. The molecule has 6 atom stereocenters. The van der Waals surface area contributed by atoms with Gasteiger partial charge in [0.25, 0.3) is 0 Å². The smallest absolute Gasteiger partial charge is 0.155 e. The molecule has 4 aliphatic carbocycles. The Morgan fingerprint density at radius 3 is 2.76 bits per heavy atom. The van der Waals surface area contributed by atoms with Crippen molar-refractivity contribution >= 4 is 5.78 Å². The Labute approximate surface area is 150 Å². The van der Waals surface area contributed by atoms with E-state index in [1.54, 1.807) is 6.33 Å². The highest BCUT2D eigenvalue weighted by Gasteiger charge is 2.59. The zero-order valence-electron chi connectivity index (χ0n) is 15.4. The van der Waals surface area contributed by atoms with E-state index in [4.69, 9.17) is 0 Å². The van der Waals surface area contributed by atoms with E-state index in [0.717, 1.165) is 37.0 Å².